The molecule has 0 unspecified atom stereocenters. The highest BCUT2D eigenvalue weighted by Gasteiger charge is 2.19. The van der Waals surface area contributed by atoms with Crippen molar-refractivity contribution >= 4 is 28.2 Å². The van der Waals surface area contributed by atoms with E-state index in [-0.39, 0.29) is 6.61 Å². The zero-order valence-electron chi connectivity index (χ0n) is 11.7. The van der Waals surface area contributed by atoms with Crippen molar-refractivity contribution in [1.82, 2.24) is 4.98 Å². The van der Waals surface area contributed by atoms with Crippen LogP contribution in [0.25, 0.3) is 0 Å². The van der Waals surface area contributed by atoms with Crippen LogP contribution in [0.1, 0.15) is 37.7 Å². The quantitative estimate of drug-likeness (QED) is 0.493. The summed E-state index contributed by atoms with van der Waals surface area (Å²) in [6.07, 6.45) is 1.42. The van der Waals surface area contributed by atoms with Crippen molar-refractivity contribution in [2.75, 3.05) is 5.33 Å². The maximum absolute atomic E-state index is 12.1. The topological polar surface area (TPSA) is 59.2 Å². The number of benzene rings is 1. The van der Waals surface area contributed by atoms with E-state index in [0.29, 0.717) is 17.8 Å². The Hall–Kier alpha value is -1.88. The van der Waals surface area contributed by atoms with Gasteiger partial charge in [-0.05, 0) is 30.0 Å². The number of aldehydes is 1. The molecular weight excluding hydrogens is 334 g/mol. The molecule has 0 amide bonds. The summed E-state index contributed by atoms with van der Waals surface area (Å²) < 4.78 is 5.29. The van der Waals surface area contributed by atoms with Crippen molar-refractivity contribution in [3.63, 3.8) is 0 Å². The van der Waals surface area contributed by atoms with E-state index in [1.807, 2.05) is 37.3 Å². The Bertz CT molecular complexity index is 634. The van der Waals surface area contributed by atoms with Crippen LogP contribution in [0.4, 0.5) is 0 Å². The van der Waals surface area contributed by atoms with Crippen LogP contribution >= 0.6 is 15.9 Å². The number of carbonyl (C=O) groups is 2. The molecule has 1 aromatic carbocycles. The molecule has 1 N–H and O–H groups in total. The van der Waals surface area contributed by atoms with Crippen LogP contribution in [0.5, 0.6) is 0 Å². The highest BCUT2D eigenvalue weighted by Crippen LogP contribution is 2.20. The zero-order chi connectivity index (χ0) is 15.2. The van der Waals surface area contributed by atoms with E-state index >= 15 is 0 Å². The predicted octanol–water partition coefficient (Wildman–Crippen LogP) is 3.43. The van der Waals surface area contributed by atoms with Crippen molar-refractivity contribution in [2.24, 2.45) is 0 Å². The molecule has 0 aliphatic carbocycles. The van der Waals surface area contributed by atoms with Crippen molar-refractivity contribution in [3.8, 4) is 0 Å². The molecule has 0 saturated carbocycles. The van der Waals surface area contributed by atoms with Gasteiger partial charge in [-0.2, -0.15) is 0 Å². The van der Waals surface area contributed by atoms with Crippen molar-refractivity contribution in [2.45, 2.75) is 20.0 Å². The number of aromatic amines is 1. The lowest BCUT2D eigenvalue weighted by Gasteiger charge is -2.04. The van der Waals surface area contributed by atoms with E-state index in [9.17, 15) is 9.59 Å². The van der Waals surface area contributed by atoms with Crippen LogP contribution in [0.2, 0.25) is 0 Å². The summed E-state index contributed by atoms with van der Waals surface area (Å²) in [5.74, 6) is -0.444. The van der Waals surface area contributed by atoms with Crippen LogP contribution in [-0.4, -0.2) is 22.6 Å². The van der Waals surface area contributed by atoms with Crippen LogP contribution in [-0.2, 0) is 17.8 Å². The minimum Gasteiger partial charge on any atom is -0.456 e. The lowest BCUT2D eigenvalue weighted by molar-refractivity contribution is 0.0465. The number of hydrogen-bond acceptors (Lipinski definition) is 3. The fourth-order valence-corrected chi connectivity index (χ4v) is 2.57. The highest BCUT2D eigenvalue weighted by atomic mass is 79.9. The van der Waals surface area contributed by atoms with Crippen LogP contribution in [0, 0.1) is 6.92 Å². The Kier molecular flexibility index (Phi) is 5.33. The minimum absolute atomic E-state index is 0.211. The van der Waals surface area contributed by atoms with Crippen molar-refractivity contribution < 1.29 is 14.3 Å². The molecule has 5 heteroatoms. The van der Waals surface area contributed by atoms with Gasteiger partial charge < -0.3 is 9.72 Å². The number of hydrogen-bond donors (Lipinski definition) is 1. The van der Waals surface area contributed by atoms with Crippen LogP contribution in [0.15, 0.2) is 30.3 Å². The fraction of sp³-hybridized carbons (Fsp3) is 0.250. The van der Waals surface area contributed by atoms with E-state index in [1.54, 1.807) is 0 Å². The van der Waals surface area contributed by atoms with Crippen LogP contribution < -0.4 is 0 Å². The molecule has 0 spiro atoms. The second-order valence-corrected chi connectivity index (χ2v) is 5.43. The average Bonchev–Trinajstić information content (AvgIpc) is 2.83. The fourth-order valence-electron chi connectivity index (χ4n) is 2.17. The lowest BCUT2D eigenvalue weighted by Crippen LogP contribution is -2.07. The molecule has 0 saturated heterocycles. The van der Waals surface area contributed by atoms with Gasteiger partial charge in [0.15, 0.2) is 6.29 Å². The normalized spacial score (nSPS) is 10.4. The largest absolute Gasteiger partial charge is 0.456 e. The maximum Gasteiger partial charge on any atom is 0.355 e. The molecule has 0 atom stereocenters. The average molecular weight is 350 g/mol. The van der Waals surface area contributed by atoms with Gasteiger partial charge in [-0.3, -0.25) is 4.79 Å². The summed E-state index contributed by atoms with van der Waals surface area (Å²) in [5, 5.41) is 0.727. The first-order valence-corrected chi connectivity index (χ1v) is 7.73. The number of nitrogens with one attached hydrogen (secondary N) is 1. The Balaban J connectivity index is 2.14. The molecule has 4 nitrogen and oxygen atoms in total. The van der Waals surface area contributed by atoms with Crippen LogP contribution in [0.3, 0.4) is 0 Å². The number of esters is 1. The smallest absolute Gasteiger partial charge is 0.355 e. The van der Waals surface area contributed by atoms with Gasteiger partial charge in [0.1, 0.15) is 12.3 Å². The third kappa shape index (κ3) is 3.61. The Morgan fingerprint density at radius 2 is 2.05 bits per heavy atom. The van der Waals surface area contributed by atoms with E-state index in [1.165, 1.54) is 0 Å². The summed E-state index contributed by atoms with van der Waals surface area (Å²) >= 11 is 3.35. The van der Waals surface area contributed by atoms with E-state index in [0.717, 1.165) is 28.3 Å². The molecule has 0 radical (unpaired) electrons. The predicted molar refractivity (Wildman–Crippen MR) is 84.0 cm³/mol. The number of ether oxygens (including phenoxy) is 1. The molecule has 21 heavy (non-hydrogen) atoms. The lowest BCUT2D eigenvalue weighted by atomic mass is 10.1. The monoisotopic (exact) mass is 349 g/mol. The second-order valence-electron chi connectivity index (χ2n) is 4.64. The number of carbonyl (C=O) groups excluding carboxylic acids is 2. The number of alkyl halides is 1. The number of H-pyrrole nitrogens is 1. The van der Waals surface area contributed by atoms with Gasteiger partial charge in [0.05, 0.1) is 5.69 Å². The van der Waals surface area contributed by atoms with Gasteiger partial charge in [-0.25, -0.2) is 4.79 Å². The molecule has 110 valence electrons. The molecule has 0 aliphatic rings. The number of halogens is 1. The van der Waals surface area contributed by atoms with E-state index in [2.05, 4.69) is 20.9 Å². The van der Waals surface area contributed by atoms with Gasteiger partial charge in [-0.15, -0.1) is 0 Å². The van der Waals surface area contributed by atoms with Gasteiger partial charge in [0.25, 0.3) is 0 Å². The third-order valence-electron chi connectivity index (χ3n) is 3.29. The van der Waals surface area contributed by atoms with Gasteiger partial charge in [0.2, 0.25) is 0 Å². The number of rotatable bonds is 6. The van der Waals surface area contributed by atoms with E-state index < -0.39 is 5.97 Å². The molecule has 1 heterocycles. The Morgan fingerprint density at radius 3 is 2.67 bits per heavy atom. The van der Waals surface area contributed by atoms with Crippen molar-refractivity contribution in [3.05, 3.63) is 58.4 Å². The molecule has 0 bridgehead atoms. The van der Waals surface area contributed by atoms with Crippen molar-refractivity contribution in [1.29, 1.82) is 0 Å². The summed E-state index contributed by atoms with van der Waals surface area (Å²) in [6, 6.07) is 9.47. The van der Waals surface area contributed by atoms with Gasteiger partial charge in [0, 0.05) is 5.33 Å². The Labute approximate surface area is 131 Å². The minimum atomic E-state index is -0.444. The standard InChI is InChI=1S/C16H16BrNO3/c1-11-13(7-8-17)14(9-19)18-15(11)16(20)21-10-12-5-3-2-4-6-12/h2-6,9,18H,7-8,10H2,1H3. The summed E-state index contributed by atoms with van der Waals surface area (Å²) in [6.45, 7) is 2.03. The molecule has 0 aliphatic heterocycles. The van der Waals surface area contributed by atoms with E-state index in [4.69, 9.17) is 4.74 Å². The SMILES string of the molecule is Cc1c(C(=O)OCc2ccccc2)[nH]c(C=O)c1CCBr. The molecule has 2 aromatic rings. The first-order chi connectivity index (χ1) is 10.2. The zero-order valence-corrected chi connectivity index (χ0v) is 13.3. The van der Waals surface area contributed by atoms with Gasteiger partial charge in [-0.1, -0.05) is 46.3 Å². The highest BCUT2D eigenvalue weighted by molar-refractivity contribution is 9.09. The summed E-state index contributed by atoms with van der Waals surface area (Å²) in [5.41, 5.74) is 3.34. The third-order valence-corrected chi connectivity index (χ3v) is 3.69. The molecular formula is C16H16BrNO3. The summed E-state index contributed by atoms with van der Waals surface area (Å²) in [7, 11) is 0. The summed E-state index contributed by atoms with van der Waals surface area (Å²) in [4.78, 5) is 26.1. The molecule has 0 fully saturated rings. The molecule has 1 aromatic heterocycles. The first-order valence-electron chi connectivity index (χ1n) is 6.61. The first kappa shape index (κ1) is 15.5. The number of aromatic nitrogens is 1. The molecule has 2 rings (SSSR count). The van der Waals surface area contributed by atoms with Gasteiger partial charge >= 0.3 is 5.97 Å². The Morgan fingerprint density at radius 1 is 1.33 bits per heavy atom. The second kappa shape index (κ2) is 7.22. The maximum atomic E-state index is 12.1.